The number of nitrogens with one attached hydrogen (secondary N) is 1. The predicted octanol–water partition coefficient (Wildman–Crippen LogP) is 3.64. The molecule has 0 radical (unpaired) electrons. The highest BCUT2D eigenvalue weighted by Gasteiger charge is 2.18. The number of anilines is 1. The van der Waals surface area contributed by atoms with Crippen LogP contribution in [0.2, 0.25) is 0 Å². The van der Waals surface area contributed by atoms with Crippen LogP contribution in [0.4, 0.5) is 14.5 Å². The summed E-state index contributed by atoms with van der Waals surface area (Å²) in [4.78, 5) is 0. The Labute approximate surface area is 99.8 Å². The smallest absolute Gasteiger partial charge is 0.150 e. The predicted molar refractivity (Wildman–Crippen MR) is 63.4 cm³/mol. The second-order valence-corrected chi connectivity index (χ2v) is 5.45. The summed E-state index contributed by atoms with van der Waals surface area (Å²) in [5.41, 5.74) is 0.365. The molecule has 82 valence electrons. The van der Waals surface area contributed by atoms with E-state index in [1.807, 2.05) is 11.8 Å². The highest BCUT2D eigenvalue weighted by molar-refractivity contribution is 9.10. The van der Waals surface area contributed by atoms with Gasteiger partial charge in [0.1, 0.15) is 11.6 Å². The second kappa shape index (κ2) is 4.70. The zero-order valence-electron chi connectivity index (χ0n) is 7.90. The van der Waals surface area contributed by atoms with Gasteiger partial charge < -0.3 is 5.32 Å². The SMILES string of the molecule is Fc1cc(F)c(NC2CCSC2)c(Br)c1. The zero-order valence-corrected chi connectivity index (χ0v) is 10.3. The van der Waals surface area contributed by atoms with Gasteiger partial charge in [0.05, 0.1) is 5.69 Å². The van der Waals surface area contributed by atoms with Crippen LogP contribution in [0.1, 0.15) is 6.42 Å². The van der Waals surface area contributed by atoms with Crippen LogP contribution in [0.15, 0.2) is 16.6 Å². The lowest BCUT2D eigenvalue weighted by Gasteiger charge is -2.15. The van der Waals surface area contributed by atoms with E-state index >= 15 is 0 Å². The first-order chi connectivity index (χ1) is 7.16. The van der Waals surface area contributed by atoms with E-state index in [0.717, 1.165) is 24.0 Å². The molecule has 1 N–H and O–H groups in total. The molecule has 1 heterocycles. The molecular weight excluding hydrogens is 284 g/mol. The molecule has 1 saturated heterocycles. The zero-order chi connectivity index (χ0) is 10.8. The van der Waals surface area contributed by atoms with Crippen LogP contribution in [-0.4, -0.2) is 17.5 Å². The summed E-state index contributed by atoms with van der Waals surface area (Å²) < 4.78 is 26.7. The molecule has 1 aromatic rings. The summed E-state index contributed by atoms with van der Waals surface area (Å²) >= 11 is 5.00. The van der Waals surface area contributed by atoms with Crippen molar-refractivity contribution in [3.8, 4) is 0 Å². The van der Waals surface area contributed by atoms with Crippen molar-refractivity contribution in [2.45, 2.75) is 12.5 Å². The van der Waals surface area contributed by atoms with Gasteiger partial charge in [0.25, 0.3) is 0 Å². The summed E-state index contributed by atoms with van der Waals surface area (Å²) in [6.45, 7) is 0. The quantitative estimate of drug-likeness (QED) is 0.893. The first kappa shape index (κ1) is 11.2. The Balaban J connectivity index is 2.19. The number of thioether (sulfide) groups is 1. The van der Waals surface area contributed by atoms with Crippen molar-refractivity contribution in [1.29, 1.82) is 0 Å². The van der Waals surface area contributed by atoms with Crippen molar-refractivity contribution in [3.63, 3.8) is 0 Å². The minimum atomic E-state index is -0.564. The van der Waals surface area contributed by atoms with E-state index in [1.165, 1.54) is 6.07 Å². The summed E-state index contributed by atoms with van der Waals surface area (Å²) in [7, 11) is 0. The lowest BCUT2D eigenvalue weighted by atomic mass is 10.2. The third kappa shape index (κ3) is 2.64. The molecule has 0 bridgehead atoms. The maximum Gasteiger partial charge on any atom is 0.150 e. The van der Waals surface area contributed by atoms with E-state index in [4.69, 9.17) is 0 Å². The van der Waals surface area contributed by atoms with E-state index in [-0.39, 0.29) is 6.04 Å². The summed E-state index contributed by atoms with van der Waals surface area (Å²) in [6, 6.07) is 2.45. The summed E-state index contributed by atoms with van der Waals surface area (Å²) in [6.07, 6.45) is 1.02. The number of rotatable bonds is 2. The average molecular weight is 294 g/mol. The summed E-state index contributed by atoms with van der Waals surface area (Å²) in [5.74, 6) is 0.964. The topological polar surface area (TPSA) is 12.0 Å². The summed E-state index contributed by atoms with van der Waals surface area (Å²) in [5, 5.41) is 3.10. The van der Waals surface area contributed by atoms with Crippen molar-refractivity contribution in [1.82, 2.24) is 0 Å². The lowest BCUT2D eigenvalue weighted by Crippen LogP contribution is -2.19. The maximum absolute atomic E-state index is 13.4. The van der Waals surface area contributed by atoms with Crippen LogP contribution >= 0.6 is 27.7 Å². The number of hydrogen-bond acceptors (Lipinski definition) is 2. The molecule has 1 unspecified atom stereocenters. The van der Waals surface area contributed by atoms with Crippen LogP contribution in [-0.2, 0) is 0 Å². The number of hydrogen-bond donors (Lipinski definition) is 1. The third-order valence-corrected chi connectivity index (χ3v) is 4.07. The standard InChI is InChI=1S/C10H10BrF2NS/c11-8-3-6(12)4-9(13)10(8)14-7-1-2-15-5-7/h3-4,7,14H,1-2,5H2. The van der Waals surface area contributed by atoms with E-state index in [2.05, 4.69) is 21.2 Å². The molecule has 5 heteroatoms. The van der Waals surface area contributed by atoms with Gasteiger partial charge in [0.2, 0.25) is 0 Å². The molecular formula is C10H10BrF2NS. The van der Waals surface area contributed by atoms with Gasteiger partial charge >= 0.3 is 0 Å². The van der Waals surface area contributed by atoms with E-state index in [1.54, 1.807) is 0 Å². The van der Waals surface area contributed by atoms with E-state index in [9.17, 15) is 8.78 Å². The first-order valence-electron chi connectivity index (χ1n) is 4.65. The molecule has 0 spiro atoms. The second-order valence-electron chi connectivity index (χ2n) is 3.45. The van der Waals surface area contributed by atoms with Gasteiger partial charge in [-0.25, -0.2) is 8.78 Å². The fourth-order valence-corrected chi connectivity index (χ4v) is 3.21. The van der Waals surface area contributed by atoms with Gasteiger partial charge in [-0.1, -0.05) is 0 Å². The van der Waals surface area contributed by atoms with Crippen LogP contribution in [0.5, 0.6) is 0 Å². The Kier molecular flexibility index (Phi) is 3.51. The third-order valence-electron chi connectivity index (χ3n) is 2.29. The van der Waals surface area contributed by atoms with Crippen molar-refractivity contribution in [2.24, 2.45) is 0 Å². The molecule has 0 aliphatic carbocycles. The van der Waals surface area contributed by atoms with Crippen LogP contribution in [0.3, 0.4) is 0 Å². The molecule has 1 aromatic carbocycles. The molecule has 1 nitrogen and oxygen atoms in total. The molecule has 2 rings (SSSR count). The monoisotopic (exact) mass is 293 g/mol. The Hall–Kier alpha value is -0.290. The number of halogens is 3. The minimum Gasteiger partial charge on any atom is -0.378 e. The lowest BCUT2D eigenvalue weighted by molar-refractivity contribution is 0.582. The van der Waals surface area contributed by atoms with E-state index in [0.29, 0.717) is 10.2 Å². The van der Waals surface area contributed by atoms with Gasteiger partial charge in [-0.05, 0) is 34.2 Å². The molecule has 1 atom stereocenters. The molecule has 1 aliphatic rings. The molecule has 0 amide bonds. The Morgan fingerprint density at radius 1 is 1.40 bits per heavy atom. The van der Waals surface area contributed by atoms with Crippen molar-refractivity contribution < 1.29 is 8.78 Å². The fourth-order valence-electron chi connectivity index (χ4n) is 1.53. The highest BCUT2D eigenvalue weighted by atomic mass is 79.9. The fraction of sp³-hybridized carbons (Fsp3) is 0.400. The Morgan fingerprint density at radius 3 is 2.80 bits per heavy atom. The van der Waals surface area contributed by atoms with Crippen LogP contribution < -0.4 is 5.32 Å². The largest absolute Gasteiger partial charge is 0.378 e. The Bertz CT molecular complexity index is 343. The van der Waals surface area contributed by atoms with Gasteiger partial charge in [-0.15, -0.1) is 0 Å². The first-order valence-corrected chi connectivity index (χ1v) is 6.60. The van der Waals surface area contributed by atoms with Gasteiger partial charge in [0.15, 0.2) is 0 Å². The van der Waals surface area contributed by atoms with Gasteiger partial charge in [-0.3, -0.25) is 0 Å². The number of benzene rings is 1. The average Bonchev–Trinajstić information content (AvgIpc) is 2.63. The molecule has 15 heavy (non-hydrogen) atoms. The van der Waals surface area contributed by atoms with Crippen molar-refractivity contribution in [2.75, 3.05) is 16.8 Å². The van der Waals surface area contributed by atoms with Crippen molar-refractivity contribution >= 4 is 33.4 Å². The molecule has 1 fully saturated rings. The molecule has 0 saturated carbocycles. The normalized spacial score (nSPS) is 20.6. The minimum absolute atomic E-state index is 0.284. The van der Waals surface area contributed by atoms with E-state index < -0.39 is 11.6 Å². The molecule has 0 aromatic heterocycles. The highest BCUT2D eigenvalue weighted by Crippen LogP contribution is 2.30. The van der Waals surface area contributed by atoms with Crippen LogP contribution in [0.25, 0.3) is 0 Å². The molecule has 1 aliphatic heterocycles. The Morgan fingerprint density at radius 2 is 2.20 bits per heavy atom. The van der Waals surface area contributed by atoms with Gasteiger partial charge in [0, 0.05) is 22.3 Å². The van der Waals surface area contributed by atoms with Gasteiger partial charge in [-0.2, -0.15) is 11.8 Å². The van der Waals surface area contributed by atoms with Crippen LogP contribution in [0, 0.1) is 11.6 Å². The maximum atomic E-state index is 13.4. The van der Waals surface area contributed by atoms with Crippen molar-refractivity contribution in [3.05, 3.63) is 28.2 Å².